The largest absolute Gasteiger partial charge is 0.386 e. The molecule has 0 aromatic carbocycles. The third-order valence-electron chi connectivity index (χ3n) is 2.26. The van der Waals surface area contributed by atoms with Crippen LogP contribution in [0.25, 0.3) is 0 Å². The Kier molecular flexibility index (Phi) is 1.75. The van der Waals surface area contributed by atoms with Crippen molar-refractivity contribution in [3.63, 3.8) is 0 Å². The van der Waals surface area contributed by atoms with E-state index in [9.17, 15) is 5.11 Å². The molecule has 3 heteroatoms. The van der Waals surface area contributed by atoms with Crippen LogP contribution < -0.4 is 0 Å². The molecule has 12 heavy (non-hydrogen) atoms. The summed E-state index contributed by atoms with van der Waals surface area (Å²) in [5.74, 6) is -0.539. The van der Waals surface area contributed by atoms with E-state index in [2.05, 4.69) is 0 Å². The summed E-state index contributed by atoms with van der Waals surface area (Å²) in [6, 6.07) is 0. The Bertz CT molecular complexity index is 210. The predicted octanol–water partition coefficient (Wildman–Crippen LogP) is 0.827. The van der Waals surface area contributed by atoms with Gasteiger partial charge in [0.15, 0.2) is 5.79 Å². The van der Waals surface area contributed by atoms with Crippen molar-refractivity contribution in [2.45, 2.75) is 44.4 Å². The number of hydrogen-bond acceptors (Lipinski definition) is 3. The Labute approximate surface area is 72.0 Å². The first-order chi connectivity index (χ1) is 5.58. The molecule has 0 amide bonds. The Hall–Kier alpha value is -0.380. The van der Waals surface area contributed by atoms with Crippen LogP contribution in [0, 0.1) is 0 Å². The van der Waals surface area contributed by atoms with Gasteiger partial charge in [0.2, 0.25) is 0 Å². The first-order valence-corrected chi connectivity index (χ1v) is 4.29. The van der Waals surface area contributed by atoms with Crippen LogP contribution in [-0.4, -0.2) is 29.2 Å². The highest BCUT2D eigenvalue weighted by Crippen LogP contribution is 2.34. The Morgan fingerprint density at radius 1 is 1.42 bits per heavy atom. The maximum absolute atomic E-state index is 9.52. The van der Waals surface area contributed by atoms with E-state index in [-0.39, 0.29) is 12.2 Å². The third kappa shape index (κ3) is 1.28. The fourth-order valence-electron chi connectivity index (χ4n) is 1.80. The summed E-state index contributed by atoms with van der Waals surface area (Å²) >= 11 is 0. The molecule has 0 radical (unpaired) electrons. The number of hydrogen-bond donors (Lipinski definition) is 1. The lowest BCUT2D eigenvalue weighted by Gasteiger charge is -2.22. The minimum atomic E-state index is -0.539. The highest BCUT2D eigenvalue weighted by atomic mass is 16.8. The summed E-state index contributed by atoms with van der Waals surface area (Å²) in [5.41, 5.74) is 0. The molecule has 0 unspecified atom stereocenters. The van der Waals surface area contributed by atoms with E-state index in [0.29, 0.717) is 0 Å². The van der Waals surface area contributed by atoms with E-state index in [0.717, 1.165) is 6.42 Å². The second-order valence-corrected chi connectivity index (χ2v) is 3.79. The topological polar surface area (TPSA) is 38.7 Å². The van der Waals surface area contributed by atoms with E-state index in [1.807, 2.05) is 19.9 Å². The molecule has 3 nitrogen and oxygen atoms in total. The molecule has 2 rings (SSSR count). The zero-order chi connectivity index (χ0) is 8.77. The molecule has 1 N–H and O–H groups in total. The highest BCUT2D eigenvalue weighted by molar-refractivity contribution is 5.05. The molecule has 3 atom stereocenters. The average Bonchev–Trinajstić information content (AvgIpc) is 2.25. The van der Waals surface area contributed by atoms with Crippen LogP contribution in [0.5, 0.6) is 0 Å². The van der Waals surface area contributed by atoms with Gasteiger partial charge in [-0.25, -0.2) is 0 Å². The molecule has 1 saturated heterocycles. The first kappa shape index (κ1) is 8.23. The van der Waals surface area contributed by atoms with Crippen molar-refractivity contribution in [3.05, 3.63) is 12.2 Å². The van der Waals surface area contributed by atoms with Gasteiger partial charge in [-0.2, -0.15) is 0 Å². The number of fused-ring (bicyclic) bond motifs is 1. The van der Waals surface area contributed by atoms with Gasteiger partial charge in [-0.05, 0) is 20.3 Å². The monoisotopic (exact) mass is 170 g/mol. The summed E-state index contributed by atoms with van der Waals surface area (Å²) in [4.78, 5) is 0. The van der Waals surface area contributed by atoms with E-state index in [1.165, 1.54) is 0 Å². The molecule has 0 saturated carbocycles. The van der Waals surface area contributed by atoms with Gasteiger partial charge < -0.3 is 14.6 Å². The van der Waals surface area contributed by atoms with Crippen LogP contribution in [-0.2, 0) is 9.47 Å². The van der Waals surface area contributed by atoms with Crippen molar-refractivity contribution in [2.75, 3.05) is 0 Å². The summed E-state index contributed by atoms with van der Waals surface area (Å²) in [6.45, 7) is 3.75. The molecule has 68 valence electrons. The number of aliphatic hydroxyl groups is 1. The van der Waals surface area contributed by atoms with Gasteiger partial charge in [0.05, 0.1) is 6.10 Å². The first-order valence-electron chi connectivity index (χ1n) is 4.29. The molecule has 0 aromatic rings. The molecule has 0 spiro atoms. The van der Waals surface area contributed by atoms with Gasteiger partial charge in [-0.1, -0.05) is 12.2 Å². The molecule has 1 aliphatic heterocycles. The predicted molar refractivity (Wildman–Crippen MR) is 43.6 cm³/mol. The molecule has 2 aliphatic rings. The van der Waals surface area contributed by atoms with Gasteiger partial charge in [-0.3, -0.25) is 0 Å². The lowest BCUT2D eigenvalue weighted by atomic mass is 9.99. The van der Waals surface area contributed by atoms with Gasteiger partial charge >= 0.3 is 0 Å². The van der Waals surface area contributed by atoms with Gasteiger partial charge in [0, 0.05) is 0 Å². The standard InChI is InChI=1S/C9H14O3/c1-9(2)11-7-5-3-4-6(10)8(7)12-9/h3-4,6-8,10H,5H2,1-2H3/t6-,7-,8+/m0/s1. The molecule has 0 aromatic heterocycles. The Balaban J connectivity index is 2.15. The molecule has 1 fully saturated rings. The second-order valence-electron chi connectivity index (χ2n) is 3.79. The molecule has 1 aliphatic carbocycles. The Morgan fingerprint density at radius 3 is 2.83 bits per heavy atom. The normalized spacial score (nSPS) is 44.4. The van der Waals surface area contributed by atoms with Crippen molar-refractivity contribution < 1.29 is 14.6 Å². The lowest BCUT2D eigenvalue weighted by molar-refractivity contribution is -0.151. The van der Waals surface area contributed by atoms with Crippen molar-refractivity contribution >= 4 is 0 Å². The van der Waals surface area contributed by atoms with Crippen molar-refractivity contribution in [1.29, 1.82) is 0 Å². The van der Waals surface area contributed by atoms with E-state index >= 15 is 0 Å². The maximum atomic E-state index is 9.52. The van der Waals surface area contributed by atoms with Crippen LogP contribution in [0.1, 0.15) is 20.3 Å². The quantitative estimate of drug-likeness (QED) is 0.547. The second kappa shape index (κ2) is 2.55. The van der Waals surface area contributed by atoms with Crippen LogP contribution in [0.15, 0.2) is 12.2 Å². The fourth-order valence-corrected chi connectivity index (χ4v) is 1.80. The van der Waals surface area contributed by atoms with Crippen LogP contribution in [0.2, 0.25) is 0 Å². The molecular formula is C9H14O3. The number of ether oxygens (including phenoxy) is 2. The van der Waals surface area contributed by atoms with Crippen LogP contribution in [0.4, 0.5) is 0 Å². The summed E-state index contributed by atoms with van der Waals surface area (Å²) in [6.07, 6.45) is 3.89. The van der Waals surface area contributed by atoms with Crippen LogP contribution in [0.3, 0.4) is 0 Å². The maximum Gasteiger partial charge on any atom is 0.163 e. The lowest BCUT2D eigenvalue weighted by Crippen LogP contribution is -2.36. The van der Waals surface area contributed by atoms with Crippen molar-refractivity contribution in [3.8, 4) is 0 Å². The number of rotatable bonds is 0. The highest BCUT2D eigenvalue weighted by Gasteiger charge is 2.44. The SMILES string of the molecule is CC1(C)O[C@H]2[C@H](CC=C[C@@H]2O)O1. The van der Waals surface area contributed by atoms with Gasteiger partial charge in [0.1, 0.15) is 12.2 Å². The Morgan fingerprint density at radius 2 is 2.17 bits per heavy atom. The van der Waals surface area contributed by atoms with E-state index < -0.39 is 11.9 Å². The average molecular weight is 170 g/mol. The zero-order valence-electron chi connectivity index (χ0n) is 7.36. The number of aliphatic hydroxyl groups excluding tert-OH is 1. The summed E-state index contributed by atoms with van der Waals surface area (Å²) in [5, 5.41) is 9.52. The molecule has 0 bridgehead atoms. The van der Waals surface area contributed by atoms with Gasteiger partial charge in [0.25, 0.3) is 0 Å². The summed E-state index contributed by atoms with van der Waals surface area (Å²) < 4.78 is 11.1. The minimum absolute atomic E-state index is 0.0278. The summed E-state index contributed by atoms with van der Waals surface area (Å²) in [7, 11) is 0. The molecular weight excluding hydrogens is 156 g/mol. The van der Waals surface area contributed by atoms with Gasteiger partial charge in [-0.15, -0.1) is 0 Å². The smallest absolute Gasteiger partial charge is 0.163 e. The zero-order valence-corrected chi connectivity index (χ0v) is 7.36. The van der Waals surface area contributed by atoms with E-state index in [1.54, 1.807) is 6.08 Å². The fraction of sp³-hybridized carbons (Fsp3) is 0.778. The molecule has 1 heterocycles. The van der Waals surface area contributed by atoms with Crippen LogP contribution >= 0.6 is 0 Å². The van der Waals surface area contributed by atoms with E-state index in [4.69, 9.17) is 9.47 Å². The van der Waals surface area contributed by atoms with Crippen molar-refractivity contribution in [2.24, 2.45) is 0 Å². The third-order valence-corrected chi connectivity index (χ3v) is 2.26. The minimum Gasteiger partial charge on any atom is -0.386 e. The van der Waals surface area contributed by atoms with Crippen molar-refractivity contribution in [1.82, 2.24) is 0 Å².